The van der Waals surface area contributed by atoms with Gasteiger partial charge in [-0.3, -0.25) is 13.9 Å². The molecule has 1 N–H and O–H groups in total. The summed E-state index contributed by atoms with van der Waals surface area (Å²) in [7, 11) is -10.2. The lowest BCUT2D eigenvalue weighted by Gasteiger charge is -2.27. The van der Waals surface area contributed by atoms with Crippen molar-refractivity contribution in [2.45, 2.75) is 64.6 Å². The van der Waals surface area contributed by atoms with E-state index in [0.29, 0.717) is 16.7 Å². The Morgan fingerprint density at radius 2 is 1.22 bits per heavy atom. The molecule has 0 fully saturated rings. The third-order valence-corrected chi connectivity index (χ3v) is 10.6. The van der Waals surface area contributed by atoms with E-state index < -0.39 is 49.7 Å². The standard InChI is InChI=1S/C31H37F4NO7P2/c1-5-23(4)43-44(38,39)30(32,33)27-17-13-24(14-18-27)21-36(29(37)26-11-9-8-10-12-26)22-25-15-19-28(20-16-25)31(34,35)45(40,41-6-2)42-7-3/h8-20,23H,5-7,21-22H2,1-4H3,(H,38,39). The first-order chi connectivity index (χ1) is 21.1. The van der Waals surface area contributed by atoms with Crippen molar-refractivity contribution in [1.82, 2.24) is 4.90 Å². The molecule has 45 heavy (non-hydrogen) atoms. The molecular formula is C31H37F4NO7P2. The zero-order chi connectivity index (χ0) is 33.5. The highest BCUT2D eigenvalue weighted by atomic mass is 31.2. The largest absolute Gasteiger partial charge is 0.404 e. The molecule has 1 amide bonds. The van der Waals surface area contributed by atoms with E-state index in [9.17, 15) is 27.6 Å². The van der Waals surface area contributed by atoms with Crippen molar-refractivity contribution < 1.29 is 50.0 Å². The molecule has 14 heteroatoms. The molecule has 0 saturated carbocycles. The van der Waals surface area contributed by atoms with Crippen molar-refractivity contribution in [1.29, 1.82) is 0 Å². The van der Waals surface area contributed by atoms with Crippen molar-refractivity contribution in [3.63, 3.8) is 0 Å². The van der Waals surface area contributed by atoms with E-state index in [1.165, 1.54) is 49.9 Å². The van der Waals surface area contributed by atoms with Gasteiger partial charge in [0.05, 0.1) is 19.3 Å². The molecule has 0 bridgehead atoms. The van der Waals surface area contributed by atoms with Crippen LogP contribution in [-0.4, -0.2) is 35.0 Å². The first-order valence-corrected chi connectivity index (χ1v) is 17.4. The van der Waals surface area contributed by atoms with Gasteiger partial charge in [0, 0.05) is 29.8 Å². The average Bonchev–Trinajstić information content (AvgIpc) is 3.01. The van der Waals surface area contributed by atoms with Gasteiger partial charge in [0.15, 0.2) is 0 Å². The Balaban J connectivity index is 1.89. The molecular weight excluding hydrogens is 636 g/mol. The lowest BCUT2D eigenvalue weighted by atomic mass is 10.1. The van der Waals surface area contributed by atoms with Crippen LogP contribution in [0.3, 0.4) is 0 Å². The van der Waals surface area contributed by atoms with Crippen molar-refractivity contribution in [3.8, 4) is 0 Å². The van der Waals surface area contributed by atoms with E-state index in [1.54, 1.807) is 37.3 Å². The van der Waals surface area contributed by atoms with Crippen LogP contribution in [0.2, 0.25) is 0 Å². The smallest absolute Gasteiger partial charge is 0.330 e. The molecule has 0 radical (unpaired) electrons. The Bertz CT molecular complexity index is 1500. The molecule has 0 heterocycles. The molecule has 3 rings (SSSR count). The Labute approximate surface area is 260 Å². The van der Waals surface area contributed by atoms with E-state index in [4.69, 9.17) is 13.6 Å². The average molecular weight is 674 g/mol. The minimum absolute atomic E-state index is 0.0549. The van der Waals surface area contributed by atoms with Crippen molar-refractivity contribution >= 4 is 21.1 Å². The van der Waals surface area contributed by atoms with Crippen LogP contribution in [-0.2, 0) is 47.1 Å². The van der Waals surface area contributed by atoms with Crippen LogP contribution in [0.15, 0.2) is 78.9 Å². The van der Waals surface area contributed by atoms with Gasteiger partial charge in [0.2, 0.25) is 0 Å². The number of nitrogens with zero attached hydrogens (tertiary/aromatic N) is 1. The zero-order valence-electron chi connectivity index (χ0n) is 25.4. The fourth-order valence-electron chi connectivity index (χ4n) is 4.27. The van der Waals surface area contributed by atoms with E-state index in [1.807, 2.05) is 0 Å². The van der Waals surface area contributed by atoms with E-state index in [-0.39, 0.29) is 32.7 Å². The van der Waals surface area contributed by atoms with Crippen LogP contribution >= 0.6 is 15.2 Å². The number of rotatable bonds is 16. The fraction of sp³-hybridized carbons (Fsp3) is 0.387. The molecule has 3 aromatic carbocycles. The van der Waals surface area contributed by atoms with Crippen molar-refractivity contribution in [3.05, 3.63) is 107 Å². The number of carbonyl (C=O) groups is 1. The number of carbonyl (C=O) groups excluding carboxylic acids is 1. The Morgan fingerprint density at radius 3 is 1.64 bits per heavy atom. The van der Waals surface area contributed by atoms with E-state index in [0.717, 1.165) is 24.3 Å². The van der Waals surface area contributed by atoms with Gasteiger partial charge in [-0.15, -0.1) is 0 Å². The van der Waals surface area contributed by atoms with Crippen LogP contribution in [0, 0.1) is 0 Å². The minimum atomic E-state index is -5.35. The molecule has 0 aliphatic heterocycles. The summed E-state index contributed by atoms with van der Waals surface area (Å²) >= 11 is 0. The van der Waals surface area contributed by atoms with Gasteiger partial charge in [-0.25, -0.2) is 0 Å². The lowest BCUT2D eigenvalue weighted by molar-refractivity contribution is 0.0346. The molecule has 2 atom stereocenters. The molecule has 0 aliphatic rings. The first kappa shape index (κ1) is 36.6. The van der Waals surface area contributed by atoms with Crippen LogP contribution in [0.4, 0.5) is 17.6 Å². The summed E-state index contributed by atoms with van der Waals surface area (Å²) in [4.78, 5) is 24.9. The summed E-state index contributed by atoms with van der Waals surface area (Å²) in [5.74, 6) is -0.418. The van der Waals surface area contributed by atoms with Crippen LogP contribution in [0.1, 0.15) is 66.7 Å². The lowest BCUT2D eigenvalue weighted by Crippen LogP contribution is -2.30. The number of alkyl halides is 4. The van der Waals surface area contributed by atoms with Gasteiger partial charge in [-0.1, -0.05) is 73.7 Å². The van der Waals surface area contributed by atoms with E-state index >= 15 is 8.78 Å². The molecule has 246 valence electrons. The number of benzene rings is 3. The molecule has 0 aromatic heterocycles. The minimum Gasteiger partial charge on any atom is -0.330 e. The van der Waals surface area contributed by atoms with Gasteiger partial charge in [-0.05, 0) is 50.5 Å². The predicted octanol–water partition coefficient (Wildman–Crippen LogP) is 8.89. The second-order valence-electron chi connectivity index (χ2n) is 10.2. The monoisotopic (exact) mass is 673 g/mol. The van der Waals surface area contributed by atoms with Crippen LogP contribution < -0.4 is 0 Å². The van der Waals surface area contributed by atoms with Crippen LogP contribution in [0.5, 0.6) is 0 Å². The van der Waals surface area contributed by atoms with Gasteiger partial charge in [0.1, 0.15) is 0 Å². The second-order valence-corrected chi connectivity index (χ2v) is 14.1. The van der Waals surface area contributed by atoms with Gasteiger partial charge >= 0.3 is 26.5 Å². The van der Waals surface area contributed by atoms with Gasteiger partial charge in [0.25, 0.3) is 5.91 Å². The molecule has 0 saturated heterocycles. The molecule has 2 unspecified atom stereocenters. The first-order valence-electron chi connectivity index (χ1n) is 14.3. The second kappa shape index (κ2) is 15.2. The molecule has 3 aromatic rings. The number of halogens is 4. The molecule has 0 aliphatic carbocycles. The highest BCUT2D eigenvalue weighted by Crippen LogP contribution is 2.67. The van der Waals surface area contributed by atoms with Crippen molar-refractivity contribution in [2.24, 2.45) is 0 Å². The molecule has 8 nitrogen and oxygen atoms in total. The predicted molar refractivity (Wildman–Crippen MR) is 162 cm³/mol. The maximum absolute atomic E-state index is 15.2. The highest BCUT2D eigenvalue weighted by Gasteiger charge is 2.55. The summed E-state index contributed by atoms with van der Waals surface area (Å²) in [5, 5.41) is 0. The Morgan fingerprint density at radius 1 is 0.778 bits per heavy atom. The third-order valence-electron chi connectivity index (χ3n) is 6.85. The Kier molecular flexibility index (Phi) is 12.3. The SMILES string of the molecule is CCOP(=O)(OCC)C(F)(F)c1ccc(CN(Cc2ccc(C(F)(F)P(=O)(O)OC(C)CC)cc2)C(=O)c2ccccc2)cc1. The van der Waals surface area contributed by atoms with Crippen LogP contribution in [0.25, 0.3) is 0 Å². The maximum Gasteiger partial charge on any atom is 0.404 e. The van der Waals surface area contributed by atoms with Crippen molar-refractivity contribution in [2.75, 3.05) is 13.2 Å². The summed E-state index contributed by atoms with van der Waals surface area (Å²) in [6.07, 6.45) is -0.597. The number of hydrogen-bond donors (Lipinski definition) is 1. The summed E-state index contributed by atoms with van der Waals surface area (Å²) in [6, 6.07) is 17.7. The zero-order valence-corrected chi connectivity index (χ0v) is 27.2. The number of hydrogen-bond acceptors (Lipinski definition) is 6. The summed E-state index contributed by atoms with van der Waals surface area (Å²) in [6.45, 7) is 5.29. The van der Waals surface area contributed by atoms with Gasteiger partial charge in [-0.2, -0.15) is 17.6 Å². The van der Waals surface area contributed by atoms with Gasteiger partial charge < -0.3 is 23.4 Å². The molecule has 0 spiro atoms. The quantitative estimate of drug-likeness (QED) is 0.120. The third kappa shape index (κ3) is 8.50. The summed E-state index contributed by atoms with van der Waals surface area (Å²) < 4.78 is 100.0. The fourth-order valence-corrected chi connectivity index (χ4v) is 7.06. The maximum atomic E-state index is 15.2. The topological polar surface area (TPSA) is 102 Å². The highest BCUT2D eigenvalue weighted by molar-refractivity contribution is 7.54. The number of amides is 1. The van der Waals surface area contributed by atoms with E-state index in [2.05, 4.69) is 0 Å². The summed E-state index contributed by atoms with van der Waals surface area (Å²) in [5.41, 5.74) is -8.21. The Hall–Kier alpha value is -2.85. The normalized spacial score (nSPS) is 14.5.